The highest BCUT2D eigenvalue weighted by Gasteiger charge is 2.08. The smallest absolute Gasteiger partial charge is 0.224 e. The van der Waals surface area contributed by atoms with Gasteiger partial charge in [0.05, 0.1) is 5.69 Å². The molecule has 6 heteroatoms. The van der Waals surface area contributed by atoms with Gasteiger partial charge in [-0.3, -0.25) is 9.59 Å². The first kappa shape index (κ1) is 17.8. The van der Waals surface area contributed by atoms with Gasteiger partial charge in [0.25, 0.3) is 0 Å². The number of hydrogen-bond donors (Lipinski definition) is 2. The lowest BCUT2D eigenvalue weighted by molar-refractivity contribution is -0.116. The van der Waals surface area contributed by atoms with Gasteiger partial charge >= 0.3 is 0 Å². The van der Waals surface area contributed by atoms with E-state index in [4.69, 9.17) is 4.98 Å². The molecule has 1 heterocycles. The van der Waals surface area contributed by atoms with Gasteiger partial charge in [-0.2, -0.15) is 0 Å². The standard InChI is InChI=1S/C20H19N3O2S/c1-3-19(25)22-16-9-7-14(8-10-16)18-12-26-20(23-18)15-5-4-6-17(11-15)21-13(2)24/h4-12H,3H2,1-2H3,(H,21,24)(H,22,25). The summed E-state index contributed by atoms with van der Waals surface area (Å²) in [7, 11) is 0. The van der Waals surface area contributed by atoms with Crippen LogP contribution in [0, 0.1) is 0 Å². The first-order valence-corrected chi connectivity index (χ1v) is 9.17. The van der Waals surface area contributed by atoms with Gasteiger partial charge in [-0.05, 0) is 24.3 Å². The van der Waals surface area contributed by atoms with E-state index in [1.807, 2.05) is 60.8 Å². The van der Waals surface area contributed by atoms with Gasteiger partial charge in [0, 0.05) is 41.2 Å². The van der Waals surface area contributed by atoms with E-state index in [-0.39, 0.29) is 11.8 Å². The topological polar surface area (TPSA) is 71.1 Å². The zero-order chi connectivity index (χ0) is 18.5. The Bertz CT molecular complexity index is 932. The molecule has 0 unspecified atom stereocenters. The first-order valence-electron chi connectivity index (χ1n) is 8.29. The van der Waals surface area contributed by atoms with Gasteiger partial charge < -0.3 is 10.6 Å². The number of nitrogens with zero attached hydrogens (tertiary/aromatic N) is 1. The minimum Gasteiger partial charge on any atom is -0.326 e. The SMILES string of the molecule is CCC(=O)Nc1ccc(-c2csc(-c3cccc(NC(C)=O)c3)n2)cc1. The van der Waals surface area contributed by atoms with E-state index in [9.17, 15) is 9.59 Å². The maximum absolute atomic E-state index is 11.4. The van der Waals surface area contributed by atoms with Crippen LogP contribution in [0.4, 0.5) is 11.4 Å². The van der Waals surface area contributed by atoms with E-state index in [1.54, 1.807) is 11.3 Å². The number of carbonyl (C=O) groups excluding carboxylic acids is 2. The number of amides is 2. The largest absolute Gasteiger partial charge is 0.326 e. The van der Waals surface area contributed by atoms with Crippen molar-refractivity contribution in [2.75, 3.05) is 10.6 Å². The zero-order valence-electron chi connectivity index (χ0n) is 14.6. The molecule has 1 aromatic heterocycles. The van der Waals surface area contributed by atoms with Crippen LogP contribution in [0.25, 0.3) is 21.8 Å². The Morgan fingerprint density at radius 3 is 2.46 bits per heavy atom. The van der Waals surface area contributed by atoms with E-state index in [0.717, 1.165) is 33.2 Å². The van der Waals surface area contributed by atoms with Crippen LogP contribution in [0.3, 0.4) is 0 Å². The highest BCUT2D eigenvalue weighted by atomic mass is 32.1. The fourth-order valence-electron chi connectivity index (χ4n) is 2.45. The van der Waals surface area contributed by atoms with Crippen LogP contribution in [-0.4, -0.2) is 16.8 Å². The van der Waals surface area contributed by atoms with Gasteiger partial charge in [-0.25, -0.2) is 4.98 Å². The minimum atomic E-state index is -0.0998. The number of rotatable bonds is 5. The molecule has 2 amide bonds. The van der Waals surface area contributed by atoms with Gasteiger partial charge in [0.15, 0.2) is 0 Å². The molecule has 0 spiro atoms. The minimum absolute atomic E-state index is 0.00672. The molecule has 2 N–H and O–H groups in total. The van der Waals surface area contributed by atoms with Crippen LogP contribution in [0.2, 0.25) is 0 Å². The third kappa shape index (κ3) is 4.34. The molecule has 3 aromatic rings. The van der Waals surface area contributed by atoms with Crippen LogP contribution in [0.15, 0.2) is 53.9 Å². The maximum atomic E-state index is 11.4. The number of aromatic nitrogens is 1. The summed E-state index contributed by atoms with van der Waals surface area (Å²) in [6.07, 6.45) is 0.453. The summed E-state index contributed by atoms with van der Waals surface area (Å²) in [5.74, 6) is -0.107. The van der Waals surface area contributed by atoms with E-state index >= 15 is 0 Å². The van der Waals surface area contributed by atoms with Crippen LogP contribution < -0.4 is 10.6 Å². The van der Waals surface area contributed by atoms with Crippen molar-refractivity contribution in [3.8, 4) is 21.8 Å². The second-order valence-electron chi connectivity index (χ2n) is 5.78. The van der Waals surface area contributed by atoms with Gasteiger partial charge in [-0.15, -0.1) is 11.3 Å². The normalized spacial score (nSPS) is 10.4. The van der Waals surface area contributed by atoms with E-state index in [1.165, 1.54) is 6.92 Å². The summed E-state index contributed by atoms with van der Waals surface area (Å²) in [6, 6.07) is 15.3. The van der Waals surface area contributed by atoms with Crippen molar-refractivity contribution >= 4 is 34.5 Å². The summed E-state index contributed by atoms with van der Waals surface area (Å²) >= 11 is 1.55. The van der Waals surface area contributed by atoms with Crippen molar-refractivity contribution in [2.24, 2.45) is 0 Å². The molecule has 0 aliphatic carbocycles. The van der Waals surface area contributed by atoms with Gasteiger partial charge in [-0.1, -0.05) is 31.2 Å². The average Bonchev–Trinajstić information content (AvgIpc) is 3.12. The van der Waals surface area contributed by atoms with Gasteiger partial charge in [0.2, 0.25) is 11.8 Å². The Balaban J connectivity index is 1.79. The van der Waals surface area contributed by atoms with Crippen molar-refractivity contribution < 1.29 is 9.59 Å². The molecule has 0 atom stereocenters. The number of anilines is 2. The molecule has 26 heavy (non-hydrogen) atoms. The zero-order valence-corrected chi connectivity index (χ0v) is 15.4. The number of hydrogen-bond acceptors (Lipinski definition) is 4. The monoisotopic (exact) mass is 365 g/mol. The van der Waals surface area contributed by atoms with Crippen molar-refractivity contribution in [3.05, 3.63) is 53.9 Å². The summed E-state index contributed by atoms with van der Waals surface area (Å²) in [6.45, 7) is 3.31. The van der Waals surface area contributed by atoms with E-state index in [2.05, 4.69) is 10.6 Å². The number of carbonyl (C=O) groups is 2. The number of nitrogens with one attached hydrogen (secondary N) is 2. The van der Waals surface area contributed by atoms with Crippen LogP contribution in [0.5, 0.6) is 0 Å². The number of benzene rings is 2. The predicted molar refractivity (Wildman–Crippen MR) is 106 cm³/mol. The molecular weight excluding hydrogens is 346 g/mol. The van der Waals surface area contributed by atoms with Crippen LogP contribution in [-0.2, 0) is 9.59 Å². The summed E-state index contributed by atoms with van der Waals surface area (Å²) in [4.78, 5) is 27.4. The molecule has 0 bridgehead atoms. The van der Waals surface area contributed by atoms with Crippen LogP contribution in [0.1, 0.15) is 20.3 Å². The van der Waals surface area contributed by atoms with Crippen molar-refractivity contribution in [2.45, 2.75) is 20.3 Å². The molecule has 5 nitrogen and oxygen atoms in total. The first-order chi connectivity index (χ1) is 12.5. The Hall–Kier alpha value is -2.99. The lowest BCUT2D eigenvalue weighted by Gasteiger charge is -2.04. The van der Waals surface area contributed by atoms with Crippen LogP contribution >= 0.6 is 11.3 Å². The summed E-state index contributed by atoms with van der Waals surface area (Å²) in [5.41, 5.74) is 4.35. The molecule has 0 saturated carbocycles. The highest BCUT2D eigenvalue weighted by molar-refractivity contribution is 7.13. The fraction of sp³-hybridized carbons (Fsp3) is 0.150. The average molecular weight is 365 g/mol. The Kier molecular flexibility index (Phi) is 5.43. The highest BCUT2D eigenvalue weighted by Crippen LogP contribution is 2.30. The molecule has 0 fully saturated rings. The summed E-state index contributed by atoms with van der Waals surface area (Å²) < 4.78 is 0. The Labute approximate surface area is 156 Å². The lowest BCUT2D eigenvalue weighted by atomic mass is 10.1. The van der Waals surface area contributed by atoms with Crippen molar-refractivity contribution in [1.29, 1.82) is 0 Å². The third-order valence-corrected chi connectivity index (χ3v) is 4.61. The maximum Gasteiger partial charge on any atom is 0.224 e. The molecule has 0 saturated heterocycles. The molecule has 0 aliphatic heterocycles. The Morgan fingerprint density at radius 2 is 1.77 bits per heavy atom. The third-order valence-electron chi connectivity index (χ3n) is 3.72. The molecular formula is C20H19N3O2S. The quantitative estimate of drug-likeness (QED) is 0.683. The number of thiazole rings is 1. The molecule has 2 aromatic carbocycles. The molecule has 0 radical (unpaired) electrons. The molecule has 132 valence electrons. The Morgan fingerprint density at radius 1 is 1.00 bits per heavy atom. The molecule has 3 rings (SSSR count). The molecule has 0 aliphatic rings. The van der Waals surface area contributed by atoms with Gasteiger partial charge in [0.1, 0.15) is 5.01 Å². The second kappa shape index (κ2) is 7.93. The predicted octanol–water partition coefficient (Wildman–Crippen LogP) is 4.78. The van der Waals surface area contributed by atoms with E-state index < -0.39 is 0 Å². The lowest BCUT2D eigenvalue weighted by Crippen LogP contribution is -2.08. The fourth-order valence-corrected chi connectivity index (χ4v) is 3.27. The van der Waals surface area contributed by atoms with Crippen molar-refractivity contribution in [1.82, 2.24) is 4.98 Å². The second-order valence-corrected chi connectivity index (χ2v) is 6.64. The van der Waals surface area contributed by atoms with E-state index in [0.29, 0.717) is 6.42 Å². The van der Waals surface area contributed by atoms with Crippen molar-refractivity contribution in [3.63, 3.8) is 0 Å². The summed E-state index contributed by atoms with van der Waals surface area (Å²) in [5, 5.41) is 8.50.